The standard InChI is InChI=1S/C26H27N7O2/c1-26(2,3)20-15-13-18(14-16-20)22(28-25(35)27-21-7-5-4-6-8-21)17-9-11-19(12-10-17)23(34)29-24-30-32-33-31-24/h4-16,22H,1-3H3,(H2,27,28,35)(H2,29,30,31,32,33,34). The molecule has 0 saturated heterocycles. The van der Waals surface area contributed by atoms with Crippen LogP contribution in [0.1, 0.15) is 53.9 Å². The Labute approximate surface area is 203 Å². The molecule has 4 aromatic rings. The highest BCUT2D eigenvalue weighted by Gasteiger charge is 2.20. The number of hydrogen-bond acceptors (Lipinski definition) is 5. The average Bonchev–Trinajstić information content (AvgIpc) is 3.36. The molecule has 0 aliphatic heterocycles. The van der Waals surface area contributed by atoms with Gasteiger partial charge in [0, 0.05) is 11.3 Å². The molecule has 0 radical (unpaired) electrons. The van der Waals surface area contributed by atoms with Crippen molar-refractivity contribution in [2.24, 2.45) is 0 Å². The molecule has 3 amide bonds. The normalized spacial score (nSPS) is 12.0. The van der Waals surface area contributed by atoms with Crippen LogP contribution in [-0.2, 0) is 5.41 Å². The predicted molar refractivity (Wildman–Crippen MR) is 134 cm³/mol. The first-order valence-electron chi connectivity index (χ1n) is 11.2. The third-order valence-electron chi connectivity index (χ3n) is 5.49. The zero-order chi connectivity index (χ0) is 24.8. The van der Waals surface area contributed by atoms with Gasteiger partial charge in [-0.25, -0.2) is 4.79 Å². The van der Waals surface area contributed by atoms with Crippen molar-refractivity contribution >= 4 is 23.6 Å². The smallest absolute Gasteiger partial charge is 0.319 e. The maximum atomic E-state index is 12.8. The topological polar surface area (TPSA) is 125 Å². The molecular formula is C26H27N7O2. The van der Waals surface area contributed by atoms with Gasteiger partial charge in [-0.15, -0.1) is 5.10 Å². The van der Waals surface area contributed by atoms with Crippen LogP contribution in [0.15, 0.2) is 78.9 Å². The Morgan fingerprint density at radius 2 is 1.46 bits per heavy atom. The number of aromatic nitrogens is 4. The van der Waals surface area contributed by atoms with E-state index in [1.165, 1.54) is 5.56 Å². The zero-order valence-electron chi connectivity index (χ0n) is 19.7. The van der Waals surface area contributed by atoms with Gasteiger partial charge in [-0.1, -0.05) is 80.5 Å². The lowest BCUT2D eigenvalue weighted by atomic mass is 9.85. The summed E-state index contributed by atoms with van der Waals surface area (Å²) in [6, 6.07) is 23.7. The van der Waals surface area contributed by atoms with Crippen molar-refractivity contribution in [3.63, 3.8) is 0 Å². The van der Waals surface area contributed by atoms with Crippen molar-refractivity contribution < 1.29 is 9.59 Å². The van der Waals surface area contributed by atoms with E-state index < -0.39 is 6.04 Å². The summed E-state index contributed by atoms with van der Waals surface area (Å²) < 4.78 is 0. The van der Waals surface area contributed by atoms with Crippen LogP contribution in [-0.4, -0.2) is 32.6 Å². The maximum Gasteiger partial charge on any atom is 0.319 e. The van der Waals surface area contributed by atoms with Gasteiger partial charge in [-0.2, -0.15) is 5.21 Å². The number of tetrazole rings is 1. The molecule has 0 aliphatic rings. The Bertz CT molecular complexity index is 1260. The molecule has 35 heavy (non-hydrogen) atoms. The Kier molecular flexibility index (Phi) is 6.86. The molecule has 9 nitrogen and oxygen atoms in total. The van der Waals surface area contributed by atoms with Crippen LogP contribution in [0.3, 0.4) is 0 Å². The number of rotatable bonds is 6. The number of benzene rings is 3. The summed E-state index contributed by atoms with van der Waals surface area (Å²) in [6.45, 7) is 6.47. The molecule has 0 aliphatic carbocycles. The molecule has 3 aromatic carbocycles. The SMILES string of the molecule is CC(C)(C)c1ccc(C(NC(=O)Nc2ccccc2)c2ccc(C(=O)Nc3nn[nH]n3)cc2)cc1. The number of urea groups is 1. The first kappa shape index (κ1) is 23.6. The van der Waals surface area contributed by atoms with Gasteiger partial charge < -0.3 is 10.6 Å². The van der Waals surface area contributed by atoms with Crippen LogP contribution in [0.4, 0.5) is 16.4 Å². The van der Waals surface area contributed by atoms with Crippen molar-refractivity contribution in [1.29, 1.82) is 0 Å². The summed E-state index contributed by atoms with van der Waals surface area (Å²) in [5, 5.41) is 21.6. The third kappa shape index (κ3) is 6.08. The van der Waals surface area contributed by atoms with E-state index in [4.69, 9.17) is 0 Å². The summed E-state index contributed by atoms with van der Waals surface area (Å²) in [4.78, 5) is 25.3. The number of nitrogens with zero attached hydrogens (tertiary/aromatic N) is 3. The van der Waals surface area contributed by atoms with Crippen LogP contribution in [0.25, 0.3) is 0 Å². The number of hydrogen-bond donors (Lipinski definition) is 4. The highest BCUT2D eigenvalue weighted by molar-refractivity contribution is 6.03. The van der Waals surface area contributed by atoms with Gasteiger partial charge in [0.15, 0.2) is 0 Å². The van der Waals surface area contributed by atoms with E-state index in [2.05, 4.69) is 69.5 Å². The summed E-state index contributed by atoms with van der Waals surface area (Å²) in [7, 11) is 0. The summed E-state index contributed by atoms with van der Waals surface area (Å²) >= 11 is 0. The molecule has 4 N–H and O–H groups in total. The van der Waals surface area contributed by atoms with E-state index in [0.717, 1.165) is 11.1 Å². The molecule has 1 heterocycles. The quantitative estimate of drug-likeness (QED) is 0.327. The van der Waals surface area contributed by atoms with Crippen molar-refractivity contribution in [3.8, 4) is 0 Å². The Morgan fingerprint density at radius 1 is 0.829 bits per heavy atom. The van der Waals surface area contributed by atoms with E-state index in [9.17, 15) is 9.59 Å². The number of aromatic amines is 1. The molecule has 178 valence electrons. The van der Waals surface area contributed by atoms with Crippen LogP contribution in [0, 0.1) is 0 Å². The van der Waals surface area contributed by atoms with Gasteiger partial charge >= 0.3 is 6.03 Å². The minimum absolute atomic E-state index is 0.0137. The van der Waals surface area contributed by atoms with E-state index in [-0.39, 0.29) is 23.3 Å². The second kappa shape index (κ2) is 10.2. The van der Waals surface area contributed by atoms with Crippen LogP contribution in [0.2, 0.25) is 0 Å². The van der Waals surface area contributed by atoms with Crippen LogP contribution in [0.5, 0.6) is 0 Å². The predicted octanol–water partition coefficient (Wildman–Crippen LogP) is 4.66. The van der Waals surface area contributed by atoms with E-state index in [1.807, 2.05) is 54.6 Å². The number of carbonyl (C=O) groups is 2. The van der Waals surface area contributed by atoms with Crippen molar-refractivity contribution in [2.45, 2.75) is 32.2 Å². The van der Waals surface area contributed by atoms with Gasteiger partial charge in [-0.05, 0) is 51.6 Å². The first-order valence-corrected chi connectivity index (χ1v) is 11.2. The molecule has 0 saturated carbocycles. The molecule has 0 fully saturated rings. The first-order chi connectivity index (χ1) is 16.8. The summed E-state index contributed by atoms with van der Waals surface area (Å²) in [5.41, 5.74) is 4.08. The van der Waals surface area contributed by atoms with Crippen molar-refractivity contribution in [3.05, 3.63) is 101 Å². The number of para-hydroxylation sites is 1. The van der Waals surface area contributed by atoms with Gasteiger partial charge in [-0.3, -0.25) is 10.1 Å². The lowest BCUT2D eigenvalue weighted by Gasteiger charge is -2.23. The van der Waals surface area contributed by atoms with Gasteiger partial charge in [0.25, 0.3) is 11.9 Å². The van der Waals surface area contributed by atoms with E-state index in [1.54, 1.807) is 12.1 Å². The fraction of sp³-hybridized carbons (Fsp3) is 0.192. The fourth-order valence-corrected chi connectivity index (χ4v) is 3.57. The third-order valence-corrected chi connectivity index (χ3v) is 5.49. The van der Waals surface area contributed by atoms with Crippen LogP contribution < -0.4 is 16.0 Å². The monoisotopic (exact) mass is 469 g/mol. The Balaban J connectivity index is 1.58. The highest BCUT2D eigenvalue weighted by Crippen LogP contribution is 2.27. The largest absolute Gasteiger partial charge is 0.327 e. The second-order valence-corrected chi connectivity index (χ2v) is 9.08. The summed E-state index contributed by atoms with van der Waals surface area (Å²) in [6.07, 6.45) is 0. The average molecular weight is 470 g/mol. The number of nitrogens with one attached hydrogen (secondary N) is 4. The molecule has 1 atom stereocenters. The lowest BCUT2D eigenvalue weighted by Crippen LogP contribution is -2.33. The fourth-order valence-electron chi connectivity index (χ4n) is 3.57. The lowest BCUT2D eigenvalue weighted by molar-refractivity contribution is 0.102. The molecule has 1 aromatic heterocycles. The number of amides is 3. The zero-order valence-corrected chi connectivity index (χ0v) is 19.7. The highest BCUT2D eigenvalue weighted by atomic mass is 16.2. The number of anilines is 2. The second-order valence-electron chi connectivity index (χ2n) is 9.08. The molecule has 0 spiro atoms. The van der Waals surface area contributed by atoms with Gasteiger partial charge in [0.05, 0.1) is 6.04 Å². The molecule has 9 heteroatoms. The minimum atomic E-state index is -0.429. The Morgan fingerprint density at radius 3 is 2.03 bits per heavy atom. The molecule has 1 unspecified atom stereocenters. The van der Waals surface area contributed by atoms with Gasteiger partial charge in [0.2, 0.25) is 0 Å². The summed E-state index contributed by atoms with van der Waals surface area (Å²) in [5.74, 6) is -0.269. The number of H-pyrrole nitrogens is 1. The molecule has 0 bridgehead atoms. The van der Waals surface area contributed by atoms with Crippen LogP contribution >= 0.6 is 0 Å². The molecular weight excluding hydrogens is 442 g/mol. The molecule has 4 rings (SSSR count). The van der Waals surface area contributed by atoms with E-state index >= 15 is 0 Å². The van der Waals surface area contributed by atoms with Gasteiger partial charge in [0.1, 0.15) is 0 Å². The van der Waals surface area contributed by atoms with Crippen molar-refractivity contribution in [2.75, 3.05) is 10.6 Å². The number of carbonyl (C=O) groups excluding carboxylic acids is 2. The maximum absolute atomic E-state index is 12.8. The van der Waals surface area contributed by atoms with Crippen molar-refractivity contribution in [1.82, 2.24) is 25.9 Å². The minimum Gasteiger partial charge on any atom is -0.327 e. The Hall–Kier alpha value is -4.53. The van der Waals surface area contributed by atoms with E-state index in [0.29, 0.717) is 11.3 Å².